The molecule has 0 unspecified atom stereocenters. The van der Waals surface area contributed by atoms with Crippen molar-refractivity contribution in [2.75, 3.05) is 13.2 Å². The third-order valence-corrected chi connectivity index (χ3v) is 1.71. The van der Waals surface area contributed by atoms with E-state index in [0.717, 1.165) is 0 Å². The molecule has 0 fully saturated rings. The van der Waals surface area contributed by atoms with Crippen molar-refractivity contribution in [2.45, 2.75) is 0 Å². The number of carboxylic acid groups (broad SMARTS) is 2. The fourth-order valence-electron chi connectivity index (χ4n) is 1.00. The van der Waals surface area contributed by atoms with E-state index in [9.17, 15) is 9.59 Å². The summed E-state index contributed by atoms with van der Waals surface area (Å²) in [5, 5.41) is 19.9. The molecule has 0 aromatic heterocycles. The van der Waals surface area contributed by atoms with Gasteiger partial charge in [0, 0.05) is 18.9 Å². The van der Waals surface area contributed by atoms with Crippen LogP contribution >= 0.6 is 0 Å². The third kappa shape index (κ3) is 2.36. The molecule has 0 aromatic rings. The van der Waals surface area contributed by atoms with Crippen LogP contribution in [0.15, 0.2) is 12.4 Å². The van der Waals surface area contributed by atoms with Crippen LogP contribution in [0.25, 0.3) is 0 Å². The molecule has 1 heterocycles. The second-order valence-corrected chi connectivity index (χ2v) is 2.68. The maximum atomic E-state index is 10.5. The summed E-state index contributed by atoms with van der Waals surface area (Å²) in [5.74, 6) is -4.00. The first-order valence-corrected chi connectivity index (χ1v) is 3.71. The lowest BCUT2D eigenvalue weighted by molar-refractivity contribution is -0.155. The van der Waals surface area contributed by atoms with Crippen molar-refractivity contribution < 1.29 is 19.8 Å². The highest BCUT2D eigenvalue weighted by Crippen LogP contribution is 2.04. The van der Waals surface area contributed by atoms with Crippen molar-refractivity contribution in [1.82, 2.24) is 10.2 Å². The molecule has 0 spiro atoms. The largest absolute Gasteiger partial charge is 0.481 e. The third-order valence-electron chi connectivity index (χ3n) is 1.71. The molecule has 72 valence electrons. The number of carbonyl (C=O) groups is 2. The minimum atomic E-state index is -1.37. The van der Waals surface area contributed by atoms with Crippen LogP contribution in [-0.2, 0) is 9.59 Å². The molecule has 0 bridgehead atoms. The van der Waals surface area contributed by atoms with Gasteiger partial charge in [0.15, 0.2) is 5.92 Å². The molecule has 3 N–H and O–H groups in total. The molecule has 6 heteroatoms. The smallest absolute Gasteiger partial charge is 0.319 e. The zero-order valence-corrected chi connectivity index (χ0v) is 6.80. The molecule has 0 saturated carbocycles. The van der Waals surface area contributed by atoms with Gasteiger partial charge in [-0.1, -0.05) is 0 Å². The lowest BCUT2D eigenvalue weighted by Crippen LogP contribution is -2.35. The number of hydrogen-bond donors (Lipinski definition) is 3. The van der Waals surface area contributed by atoms with Crippen molar-refractivity contribution in [3.63, 3.8) is 0 Å². The summed E-state index contributed by atoms with van der Waals surface area (Å²) in [4.78, 5) is 22.5. The predicted molar refractivity (Wildman–Crippen MR) is 42.6 cm³/mol. The van der Waals surface area contributed by atoms with Crippen molar-refractivity contribution >= 4 is 11.9 Å². The van der Waals surface area contributed by atoms with Gasteiger partial charge in [-0.2, -0.15) is 0 Å². The molecule has 0 aromatic carbocycles. The Kier molecular flexibility index (Phi) is 2.73. The fourth-order valence-corrected chi connectivity index (χ4v) is 1.00. The Labute approximate surface area is 74.5 Å². The van der Waals surface area contributed by atoms with Gasteiger partial charge in [-0.25, -0.2) is 0 Å². The van der Waals surface area contributed by atoms with E-state index in [2.05, 4.69) is 5.32 Å². The average Bonchev–Trinajstić information content (AvgIpc) is 2.50. The summed E-state index contributed by atoms with van der Waals surface area (Å²) in [6, 6.07) is 0. The lowest BCUT2D eigenvalue weighted by atomic mass is 10.1. The number of nitrogens with one attached hydrogen (secondary N) is 1. The van der Waals surface area contributed by atoms with Crippen LogP contribution in [0.5, 0.6) is 0 Å². The van der Waals surface area contributed by atoms with E-state index in [1.165, 1.54) is 0 Å². The first-order valence-electron chi connectivity index (χ1n) is 3.71. The van der Waals surface area contributed by atoms with Gasteiger partial charge in [0.2, 0.25) is 0 Å². The van der Waals surface area contributed by atoms with Gasteiger partial charge in [0.05, 0.1) is 6.67 Å². The van der Waals surface area contributed by atoms with Crippen LogP contribution < -0.4 is 5.32 Å². The van der Waals surface area contributed by atoms with E-state index in [1.54, 1.807) is 17.3 Å². The van der Waals surface area contributed by atoms with Crippen molar-refractivity contribution in [3.8, 4) is 0 Å². The molecule has 0 amide bonds. The van der Waals surface area contributed by atoms with E-state index < -0.39 is 17.9 Å². The first-order chi connectivity index (χ1) is 6.11. The summed E-state index contributed by atoms with van der Waals surface area (Å²) < 4.78 is 0. The first kappa shape index (κ1) is 9.37. The zero-order valence-electron chi connectivity index (χ0n) is 6.80. The molecule has 0 aliphatic carbocycles. The quantitative estimate of drug-likeness (QED) is 0.493. The molecule has 13 heavy (non-hydrogen) atoms. The number of aliphatic carboxylic acids is 2. The zero-order chi connectivity index (χ0) is 9.84. The summed E-state index contributed by atoms with van der Waals surface area (Å²) in [6.45, 7) is 0.436. The van der Waals surface area contributed by atoms with Crippen LogP contribution in [0, 0.1) is 5.92 Å². The standard InChI is InChI=1S/C7H10N2O4/c10-6(11)5(7(12)13)3-9-2-1-8-4-9/h1-2,5,8H,3-4H2,(H,10,11)(H,12,13). The van der Waals surface area contributed by atoms with E-state index in [-0.39, 0.29) is 6.54 Å². The summed E-state index contributed by atoms with van der Waals surface area (Å²) >= 11 is 0. The van der Waals surface area contributed by atoms with Gasteiger partial charge in [-0.3, -0.25) is 9.59 Å². The number of nitrogens with zero attached hydrogens (tertiary/aromatic N) is 1. The Hall–Kier alpha value is -1.72. The van der Waals surface area contributed by atoms with E-state index in [0.29, 0.717) is 6.67 Å². The molecule has 1 aliphatic rings. The Morgan fingerprint density at radius 3 is 2.46 bits per heavy atom. The van der Waals surface area contributed by atoms with E-state index in [1.807, 2.05) is 0 Å². The SMILES string of the molecule is O=C(O)C(CN1C=CNC1)C(=O)O. The van der Waals surface area contributed by atoms with Gasteiger partial charge in [-0.15, -0.1) is 0 Å². The minimum Gasteiger partial charge on any atom is -0.481 e. The highest BCUT2D eigenvalue weighted by atomic mass is 16.4. The summed E-state index contributed by atoms with van der Waals surface area (Å²) in [6.07, 6.45) is 3.26. The van der Waals surface area contributed by atoms with Crippen LogP contribution in [0.1, 0.15) is 0 Å². The highest BCUT2D eigenvalue weighted by Gasteiger charge is 2.27. The normalized spacial score (nSPS) is 14.7. The van der Waals surface area contributed by atoms with E-state index >= 15 is 0 Å². The Morgan fingerprint density at radius 1 is 1.46 bits per heavy atom. The number of hydrogen-bond acceptors (Lipinski definition) is 4. The molecule has 1 rings (SSSR count). The number of rotatable bonds is 4. The van der Waals surface area contributed by atoms with E-state index in [4.69, 9.17) is 10.2 Å². The second-order valence-electron chi connectivity index (χ2n) is 2.68. The molecule has 1 aliphatic heterocycles. The van der Waals surface area contributed by atoms with Gasteiger partial charge in [0.1, 0.15) is 0 Å². The maximum absolute atomic E-state index is 10.5. The Balaban J connectivity index is 2.51. The molecular weight excluding hydrogens is 176 g/mol. The monoisotopic (exact) mass is 186 g/mol. The minimum absolute atomic E-state index is 0.0197. The topological polar surface area (TPSA) is 89.9 Å². The molecule has 6 nitrogen and oxygen atoms in total. The number of carboxylic acids is 2. The van der Waals surface area contributed by atoms with Crippen molar-refractivity contribution in [3.05, 3.63) is 12.4 Å². The second kappa shape index (κ2) is 3.79. The predicted octanol–water partition coefficient (Wildman–Crippen LogP) is -0.894. The van der Waals surface area contributed by atoms with Crippen LogP contribution in [0.2, 0.25) is 0 Å². The molecule has 0 radical (unpaired) electrons. The molecule has 0 atom stereocenters. The van der Waals surface area contributed by atoms with Gasteiger partial charge >= 0.3 is 11.9 Å². The average molecular weight is 186 g/mol. The van der Waals surface area contributed by atoms with Gasteiger partial charge in [-0.05, 0) is 0 Å². The lowest BCUT2D eigenvalue weighted by Gasteiger charge is -2.17. The highest BCUT2D eigenvalue weighted by molar-refractivity contribution is 5.93. The van der Waals surface area contributed by atoms with Crippen LogP contribution in [0.4, 0.5) is 0 Å². The van der Waals surface area contributed by atoms with Gasteiger partial charge in [0.25, 0.3) is 0 Å². The Bertz CT molecular complexity index is 237. The van der Waals surface area contributed by atoms with Crippen molar-refractivity contribution in [1.29, 1.82) is 0 Å². The summed E-state index contributed by atoms with van der Waals surface area (Å²) in [7, 11) is 0. The molecule has 0 saturated heterocycles. The maximum Gasteiger partial charge on any atom is 0.319 e. The van der Waals surface area contributed by atoms with Crippen molar-refractivity contribution in [2.24, 2.45) is 5.92 Å². The Morgan fingerprint density at radius 2 is 2.08 bits per heavy atom. The van der Waals surface area contributed by atoms with Crippen LogP contribution in [-0.4, -0.2) is 40.3 Å². The summed E-state index contributed by atoms with van der Waals surface area (Å²) in [5.41, 5.74) is 0. The van der Waals surface area contributed by atoms with Gasteiger partial charge < -0.3 is 20.4 Å². The fraction of sp³-hybridized carbons (Fsp3) is 0.429. The molecular formula is C7H10N2O4. The van der Waals surface area contributed by atoms with Crippen LogP contribution in [0.3, 0.4) is 0 Å².